The van der Waals surface area contributed by atoms with E-state index < -0.39 is 6.03 Å². The number of hydrogen-bond donors (Lipinski definition) is 4. The first-order chi connectivity index (χ1) is 13.5. The number of primary amides is 1. The summed E-state index contributed by atoms with van der Waals surface area (Å²) in [5.41, 5.74) is 7.48. The van der Waals surface area contributed by atoms with Gasteiger partial charge in [-0.15, -0.1) is 0 Å². The van der Waals surface area contributed by atoms with E-state index in [4.69, 9.17) is 10.2 Å². The Morgan fingerprint density at radius 1 is 0.821 bits per heavy atom. The summed E-state index contributed by atoms with van der Waals surface area (Å²) in [5.74, 6) is -0.415. The van der Waals surface area contributed by atoms with Gasteiger partial charge in [0.1, 0.15) is 0 Å². The molecule has 4 amide bonds. The van der Waals surface area contributed by atoms with Crippen LogP contribution >= 0.6 is 0 Å². The van der Waals surface area contributed by atoms with Gasteiger partial charge in [0.25, 0.3) is 11.8 Å². The number of nitrogens with two attached hydrogens (primary N) is 1. The van der Waals surface area contributed by atoms with Gasteiger partial charge in [0.2, 0.25) is 0 Å². The Morgan fingerprint density at radius 2 is 1.43 bits per heavy atom. The minimum atomic E-state index is -0.606. The summed E-state index contributed by atoms with van der Waals surface area (Å²) >= 11 is 0. The van der Waals surface area contributed by atoms with Gasteiger partial charge in [0.05, 0.1) is 6.26 Å². The number of benzene rings is 2. The Kier molecular flexibility index (Phi) is 5.71. The molecule has 8 heteroatoms. The third-order valence-electron chi connectivity index (χ3n) is 3.83. The molecule has 0 aliphatic heterocycles. The van der Waals surface area contributed by atoms with E-state index in [1.165, 1.54) is 6.26 Å². The van der Waals surface area contributed by atoms with Gasteiger partial charge in [-0.3, -0.25) is 9.59 Å². The van der Waals surface area contributed by atoms with E-state index in [9.17, 15) is 14.4 Å². The fraction of sp³-hybridized carbons (Fsp3) is 0.0500. The summed E-state index contributed by atoms with van der Waals surface area (Å²) in [7, 11) is 0. The minimum absolute atomic E-state index is 0.215. The number of carbonyl (C=O) groups excluding carboxylic acids is 3. The van der Waals surface area contributed by atoms with Crippen LogP contribution in [0.15, 0.2) is 71.3 Å². The van der Waals surface area contributed by atoms with Crippen molar-refractivity contribution in [2.24, 2.45) is 5.73 Å². The van der Waals surface area contributed by atoms with Crippen molar-refractivity contribution in [1.82, 2.24) is 5.32 Å². The maximum atomic E-state index is 12.3. The fourth-order valence-electron chi connectivity index (χ4n) is 2.40. The van der Waals surface area contributed by atoms with Gasteiger partial charge < -0.3 is 26.1 Å². The zero-order chi connectivity index (χ0) is 19.9. The largest absolute Gasteiger partial charge is 0.459 e. The number of nitrogens with one attached hydrogen (secondary N) is 3. The Balaban J connectivity index is 1.56. The van der Waals surface area contributed by atoms with E-state index in [1.54, 1.807) is 60.7 Å². The van der Waals surface area contributed by atoms with Crippen molar-refractivity contribution >= 4 is 29.2 Å². The maximum Gasteiger partial charge on any atom is 0.312 e. The number of carbonyl (C=O) groups is 3. The molecule has 2 aromatic carbocycles. The lowest BCUT2D eigenvalue weighted by molar-refractivity contribution is 0.0994. The van der Waals surface area contributed by atoms with Crippen LogP contribution in [-0.2, 0) is 6.54 Å². The molecule has 0 saturated carbocycles. The third-order valence-corrected chi connectivity index (χ3v) is 3.83. The number of hydrogen-bond acceptors (Lipinski definition) is 4. The quantitative estimate of drug-likeness (QED) is 0.526. The Labute approximate surface area is 160 Å². The number of urea groups is 1. The predicted octanol–water partition coefficient (Wildman–Crippen LogP) is 2.95. The summed E-state index contributed by atoms with van der Waals surface area (Å²) < 4.78 is 5.03. The SMILES string of the molecule is NC(=O)NCc1ccc(C(=O)Nc2ccc(NC(=O)c3ccco3)cc2)cc1. The lowest BCUT2D eigenvalue weighted by Crippen LogP contribution is -2.28. The van der Waals surface area contributed by atoms with E-state index >= 15 is 0 Å². The lowest BCUT2D eigenvalue weighted by atomic mass is 10.1. The van der Waals surface area contributed by atoms with Crippen molar-refractivity contribution in [2.75, 3.05) is 10.6 Å². The van der Waals surface area contributed by atoms with Crippen LogP contribution < -0.4 is 21.7 Å². The highest BCUT2D eigenvalue weighted by atomic mass is 16.3. The van der Waals surface area contributed by atoms with Gasteiger partial charge in [0.15, 0.2) is 5.76 Å². The second-order valence-corrected chi connectivity index (χ2v) is 5.88. The topological polar surface area (TPSA) is 126 Å². The standard InChI is InChI=1S/C20H18N4O4/c21-20(27)22-12-13-3-5-14(6-4-13)18(25)23-15-7-9-16(10-8-15)24-19(26)17-2-1-11-28-17/h1-11H,12H2,(H,23,25)(H,24,26)(H3,21,22,27). The molecule has 28 heavy (non-hydrogen) atoms. The molecule has 1 aromatic heterocycles. The molecule has 0 radical (unpaired) electrons. The van der Waals surface area contributed by atoms with Crippen molar-refractivity contribution in [2.45, 2.75) is 6.54 Å². The number of rotatable bonds is 6. The molecule has 0 aliphatic rings. The van der Waals surface area contributed by atoms with Gasteiger partial charge in [0, 0.05) is 23.5 Å². The monoisotopic (exact) mass is 378 g/mol. The van der Waals surface area contributed by atoms with E-state index in [2.05, 4.69) is 16.0 Å². The Morgan fingerprint density at radius 3 is 1.96 bits per heavy atom. The highest BCUT2D eigenvalue weighted by molar-refractivity contribution is 6.05. The highest BCUT2D eigenvalue weighted by Gasteiger charge is 2.09. The molecule has 0 saturated heterocycles. The number of amides is 4. The van der Waals surface area contributed by atoms with E-state index in [0.29, 0.717) is 23.5 Å². The molecular formula is C20H18N4O4. The van der Waals surface area contributed by atoms with Crippen molar-refractivity contribution in [3.63, 3.8) is 0 Å². The van der Waals surface area contributed by atoms with E-state index in [1.807, 2.05) is 0 Å². The molecular weight excluding hydrogens is 360 g/mol. The first-order valence-corrected chi connectivity index (χ1v) is 8.40. The normalized spacial score (nSPS) is 10.1. The lowest BCUT2D eigenvalue weighted by Gasteiger charge is -2.08. The smallest absolute Gasteiger partial charge is 0.312 e. The summed E-state index contributed by atoms with van der Waals surface area (Å²) in [6, 6.07) is 16.1. The second-order valence-electron chi connectivity index (χ2n) is 5.88. The fourth-order valence-corrected chi connectivity index (χ4v) is 2.40. The van der Waals surface area contributed by atoms with Crippen molar-refractivity contribution < 1.29 is 18.8 Å². The molecule has 5 N–H and O–H groups in total. The van der Waals surface area contributed by atoms with Crippen LogP contribution in [0, 0.1) is 0 Å². The van der Waals surface area contributed by atoms with Crippen LogP contribution in [0.4, 0.5) is 16.2 Å². The minimum Gasteiger partial charge on any atom is -0.459 e. The Bertz CT molecular complexity index is 964. The van der Waals surface area contributed by atoms with Crippen LogP contribution in [0.5, 0.6) is 0 Å². The average molecular weight is 378 g/mol. The van der Waals surface area contributed by atoms with Gasteiger partial charge >= 0.3 is 6.03 Å². The summed E-state index contributed by atoms with van der Waals surface area (Å²) in [5, 5.41) is 7.95. The summed E-state index contributed by atoms with van der Waals surface area (Å²) in [6.07, 6.45) is 1.42. The molecule has 1 heterocycles. The molecule has 0 spiro atoms. The number of furan rings is 1. The van der Waals surface area contributed by atoms with Crippen LogP contribution in [0.1, 0.15) is 26.5 Å². The molecule has 142 valence electrons. The van der Waals surface area contributed by atoms with Gasteiger partial charge in [-0.25, -0.2) is 4.79 Å². The molecule has 0 bridgehead atoms. The average Bonchev–Trinajstić information content (AvgIpc) is 3.23. The first-order valence-electron chi connectivity index (χ1n) is 8.40. The van der Waals surface area contributed by atoms with E-state index in [0.717, 1.165) is 5.56 Å². The third kappa shape index (κ3) is 4.98. The molecule has 3 aromatic rings. The molecule has 0 fully saturated rings. The van der Waals surface area contributed by atoms with Crippen LogP contribution in [0.25, 0.3) is 0 Å². The zero-order valence-corrected chi connectivity index (χ0v) is 14.8. The highest BCUT2D eigenvalue weighted by Crippen LogP contribution is 2.16. The zero-order valence-electron chi connectivity index (χ0n) is 14.8. The second kappa shape index (κ2) is 8.54. The van der Waals surface area contributed by atoms with Gasteiger partial charge in [-0.05, 0) is 54.1 Å². The van der Waals surface area contributed by atoms with Crippen molar-refractivity contribution in [3.05, 3.63) is 83.8 Å². The predicted molar refractivity (Wildman–Crippen MR) is 104 cm³/mol. The van der Waals surface area contributed by atoms with E-state index in [-0.39, 0.29) is 17.6 Å². The van der Waals surface area contributed by atoms with Gasteiger partial charge in [-0.2, -0.15) is 0 Å². The first kappa shape index (κ1) is 18.7. The molecule has 3 rings (SSSR count). The molecule has 0 unspecified atom stereocenters. The molecule has 0 aliphatic carbocycles. The molecule has 0 atom stereocenters. The van der Waals surface area contributed by atoms with Crippen molar-refractivity contribution in [3.8, 4) is 0 Å². The number of anilines is 2. The Hall–Kier alpha value is -4.07. The van der Waals surface area contributed by atoms with Crippen LogP contribution in [0.3, 0.4) is 0 Å². The van der Waals surface area contributed by atoms with Gasteiger partial charge in [-0.1, -0.05) is 12.1 Å². The summed E-state index contributed by atoms with van der Waals surface area (Å²) in [6.45, 7) is 0.294. The van der Waals surface area contributed by atoms with Crippen LogP contribution in [-0.4, -0.2) is 17.8 Å². The van der Waals surface area contributed by atoms with Crippen molar-refractivity contribution in [1.29, 1.82) is 0 Å². The molecule has 8 nitrogen and oxygen atoms in total. The summed E-state index contributed by atoms with van der Waals surface area (Å²) in [4.78, 5) is 35.0. The van der Waals surface area contributed by atoms with Crippen LogP contribution in [0.2, 0.25) is 0 Å². The maximum absolute atomic E-state index is 12.3.